The van der Waals surface area contributed by atoms with E-state index in [1.54, 1.807) is 4.68 Å². The topological polar surface area (TPSA) is 69.6 Å². The molecule has 0 unspecified atom stereocenters. The van der Waals surface area contributed by atoms with Gasteiger partial charge in [0, 0.05) is 11.9 Å². The Morgan fingerprint density at radius 3 is 2.84 bits per heavy atom. The van der Waals surface area contributed by atoms with Crippen molar-refractivity contribution in [1.82, 2.24) is 20.0 Å². The molecule has 0 radical (unpaired) electrons. The van der Waals surface area contributed by atoms with Gasteiger partial charge in [-0.2, -0.15) is 0 Å². The average Bonchev–Trinajstić information content (AvgIpc) is 2.93. The molecular weight excluding hydrogens is 238 g/mol. The first-order chi connectivity index (χ1) is 9.36. The fraction of sp³-hybridized carbons (Fsp3) is 0.214. The first-order valence-electron chi connectivity index (χ1n) is 6.33. The number of aryl methyl sites for hydroxylation is 1. The maximum Gasteiger partial charge on any atom is 0.131 e. The van der Waals surface area contributed by atoms with Gasteiger partial charge in [-0.05, 0) is 25.1 Å². The largest absolute Gasteiger partial charge is 0.330 e. The SMILES string of the molecule is NCCCn1cc(-c2ccc3ccccc3n2)nn1. The molecule has 0 bridgehead atoms. The number of aromatic nitrogens is 4. The van der Waals surface area contributed by atoms with Gasteiger partial charge in [0.1, 0.15) is 5.69 Å². The predicted molar refractivity (Wildman–Crippen MR) is 74.4 cm³/mol. The minimum atomic E-state index is 0.656. The highest BCUT2D eigenvalue weighted by atomic mass is 15.4. The van der Waals surface area contributed by atoms with Gasteiger partial charge in [0.05, 0.1) is 17.4 Å². The van der Waals surface area contributed by atoms with Gasteiger partial charge in [0.2, 0.25) is 0 Å². The minimum Gasteiger partial charge on any atom is -0.330 e. The van der Waals surface area contributed by atoms with Gasteiger partial charge >= 0.3 is 0 Å². The third-order valence-electron chi connectivity index (χ3n) is 2.99. The summed E-state index contributed by atoms with van der Waals surface area (Å²) in [4.78, 5) is 4.60. The summed E-state index contributed by atoms with van der Waals surface area (Å²) in [6.45, 7) is 1.44. The monoisotopic (exact) mass is 253 g/mol. The molecular formula is C14H15N5. The molecule has 0 saturated heterocycles. The van der Waals surface area contributed by atoms with Gasteiger partial charge in [-0.25, -0.2) is 4.98 Å². The highest BCUT2D eigenvalue weighted by molar-refractivity contribution is 5.80. The lowest BCUT2D eigenvalue weighted by atomic mass is 10.2. The second kappa shape index (κ2) is 5.16. The molecule has 5 nitrogen and oxygen atoms in total. The molecule has 3 aromatic rings. The fourth-order valence-electron chi connectivity index (χ4n) is 1.99. The van der Waals surface area contributed by atoms with Crippen LogP contribution in [-0.2, 0) is 6.54 Å². The number of rotatable bonds is 4. The van der Waals surface area contributed by atoms with Crippen molar-refractivity contribution >= 4 is 10.9 Å². The van der Waals surface area contributed by atoms with Crippen molar-refractivity contribution in [2.24, 2.45) is 5.73 Å². The zero-order valence-electron chi connectivity index (χ0n) is 10.5. The summed E-state index contributed by atoms with van der Waals surface area (Å²) in [6, 6.07) is 12.1. The number of pyridine rings is 1. The van der Waals surface area contributed by atoms with Crippen LogP contribution in [0.3, 0.4) is 0 Å². The van der Waals surface area contributed by atoms with E-state index in [9.17, 15) is 0 Å². The molecule has 0 aliphatic heterocycles. The Labute approximate surface area is 111 Å². The van der Waals surface area contributed by atoms with Crippen molar-refractivity contribution in [3.8, 4) is 11.4 Å². The number of benzene rings is 1. The molecule has 0 aliphatic rings. The van der Waals surface area contributed by atoms with Crippen LogP contribution >= 0.6 is 0 Å². The molecule has 0 fully saturated rings. The highest BCUT2D eigenvalue weighted by Gasteiger charge is 2.06. The molecule has 2 N–H and O–H groups in total. The summed E-state index contributed by atoms with van der Waals surface area (Å²) >= 11 is 0. The first-order valence-corrected chi connectivity index (χ1v) is 6.33. The molecule has 0 amide bonds. The first kappa shape index (κ1) is 11.8. The van der Waals surface area contributed by atoms with Crippen LogP contribution in [0.25, 0.3) is 22.3 Å². The number of hydrogen-bond donors (Lipinski definition) is 1. The van der Waals surface area contributed by atoms with Crippen LogP contribution in [-0.4, -0.2) is 26.5 Å². The molecule has 0 atom stereocenters. The van der Waals surface area contributed by atoms with Crippen molar-refractivity contribution in [2.45, 2.75) is 13.0 Å². The summed E-state index contributed by atoms with van der Waals surface area (Å²) in [5, 5.41) is 9.36. The maximum atomic E-state index is 5.48. The predicted octanol–water partition coefficient (Wildman–Crippen LogP) is 1.84. The third-order valence-corrected chi connectivity index (χ3v) is 2.99. The summed E-state index contributed by atoms with van der Waals surface area (Å²) in [5.74, 6) is 0. The van der Waals surface area contributed by atoms with Crippen LogP contribution in [0.5, 0.6) is 0 Å². The molecule has 19 heavy (non-hydrogen) atoms. The van der Waals surface area contributed by atoms with Crippen LogP contribution in [0.2, 0.25) is 0 Å². The molecule has 0 saturated carbocycles. The Morgan fingerprint density at radius 2 is 1.95 bits per heavy atom. The summed E-state index contributed by atoms with van der Waals surface area (Å²) < 4.78 is 1.80. The van der Waals surface area contributed by atoms with Gasteiger partial charge in [-0.3, -0.25) is 4.68 Å². The molecule has 2 heterocycles. The Kier molecular flexibility index (Phi) is 3.20. The molecule has 2 aromatic heterocycles. The van der Waals surface area contributed by atoms with Crippen LogP contribution in [0.15, 0.2) is 42.6 Å². The second-order valence-corrected chi connectivity index (χ2v) is 4.40. The molecule has 0 spiro atoms. The lowest BCUT2D eigenvalue weighted by Gasteiger charge is -1.99. The van der Waals surface area contributed by atoms with Crippen LogP contribution in [0.4, 0.5) is 0 Å². The van der Waals surface area contributed by atoms with Crippen molar-refractivity contribution in [3.63, 3.8) is 0 Å². The van der Waals surface area contributed by atoms with E-state index < -0.39 is 0 Å². The Balaban J connectivity index is 1.92. The molecule has 5 heteroatoms. The van der Waals surface area contributed by atoms with Crippen molar-refractivity contribution in [1.29, 1.82) is 0 Å². The average molecular weight is 253 g/mol. The third kappa shape index (κ3) is 2.46. The number of hydrogen-bond acceptors (Lipinski definition) is 4. The standard InChI is InChI=1S/C14H15N5/c15-8-3-9-19-10-14(17-18-19)13-7-6-11-4-1-2-5-12(11)16-13/h1-2,4-7,10H,3,8-9,15H2. The van der Waals surface area contributed by atoms with E-state index in [1.807, 2.05) is 36.5 Å². The quantitative estimate of drug-likeness (QED) is 0.770. The van der Waals surface area contributed by atoms with Gasteiger partial charge < -0.3 is 5.73 Å². The summed E-state index contributed by atoms with van der Waals surface area (Å²) in [7, 11) is 0. The smallest absolute Gasteiger partial charge is 0.131 e. The van der Waals surface area contributed by atoms with Crippen LogP contribution < -0.4 is 5.73 Å². The lowest BCUT2D eigenvalue weighted by Crippen LogP contribution is -2.06. The molecule has 3 rings (SSSR count). The van der Waals surface area contributed by atoms with E-state index >= 15 is 0 Å². The van der Waals surface area contributed by atoms with Crippen molar-refractivity contribution in [2.75, 3.05) is 6.54 Å². The van der Waals surface area contributed by atoms with Crippen LogP contribution in [0.1, 0.15) is 6.42 Å². The van der Waals surface area contributed by atoms with Gasteiger partial charge in [-0.15, -0.1) is 5.10 Å². The van der Waals surface area contributed by atoms with Crippen molar-refractivity contribution in [3.05, 3.63) is 42.6 Å². The Bertz CT molecular complexity index is 689. The zero-order valence-corrected chi connectivity index (χ0v) is 10.5. The van der Waals surface area contributed by atoms with Gasteiger partial charge in [-0.1, -0.05) is 29.5 Å². The van der Waals surface area contributed by atoms with E-state index in [0.29, 0.717) is 6.54 Å². The Hall–Kier alpha value is -2.27. The maximum absolute atomic E-state index is 5.48. The van der Waals surface area contributed by atoms with Gasteiger partial charge in [0.25, 0.3) is 0 Å². The normalized spacial score (nSPS) is 11.0. The molecule has 96 valence electrons. The Morgan fingerprint density at radius 1 is 1.05 bits per heavy atom. The molecule has 1 aromatic carbocycles. The second-order valence-electron chi connectivity index (χ2n) is 4.40. The van der Waals surface area contributed by atoms with Crippen LogP contribution in [0, 0.1) is 0 Å². The van der Waals surface area contributed by atoms with E-state index in [0.717, 1.165) is 35.3 Å². The minimum absolute atomic E-state index is 0.656. The number of nitrogens with two attached hydrogens (primary N) is 1. The lowest BCUT2D eigenvalue weighted by molar-refractivity contribution is 0.564. The fourth-order valence-corrected chi connectivity index (χ4v) is 1.99. The van der Waals surface area contributed by atoms with E-state index in [2.05, 4.69) is 21.4 Å². The van der Waals surface area contributed by atoms with Gasteiger partial charge in [0.15, 0.2) is 0 Å². The van der Waals surface area contributed by atoms with E-state index in [4.69, 9.17) is 5.73 Å². The summed E-state index contributed by atoms with van der Waals surface area (Å²) in [5.41, 5.74) is 8.09. The van der Waals surface area contributed by atoms with Crippen molar-refractivity contribution < 1.29 is 0 Å². The number of nitrogens with zero attached hydrogens (tertiary/aromatic N) is 4. The molecule has 0 aliphatic carbocycles. The highest BCUT2D eigenvalue weighted by Crippen LogP contribution is 2.18. The zero-order chi connectivity index (χ0) is 13.1. The van der Waals surface area contributed by atoms with E-state index in [-0.39, 0.29) is 0 Å². The number of para-hydroxylation sites is 1. The number of fused-ring (bicyclic) bond motifs is 1. The van der Waals surface area contributed by atoms with E-state index in [1.165, 1.54) is 0 Å². The summed E-state index contributed by atoms with van der Waals surface area (Å²) in [6.07, 6.45) is 2.81.